The maximum absolute atomic E-state index is 12.6. The first-order valence-corrected chi connectivity index (χ1v) is 7.84. The van der Waals surface area contributed by atoms with E-state index in [2.05, 4.69) is 0 Å². The maximum atomic E-state index is 12.6. The maximum Gasteiger partial charge on any atom is 0.262 e. The predicted octanol–water partition coefficient (Wildman–Crippen LogP) is 2.01. The van der Waals surface area contributed by atoms with Crippen molar-refractivity contribution in [3.63, 3.8) is 0 Å². The quantitative estimate of drug-likeness (QED) is 0.863. The lowest BCUT2D eigenvalue weighted by Crippen LogP contribution is -2.45. The molecule has 1 aromatic carbocycles. The number of aliphatic hydroxyl groups is 1. The van der Waals surface area contributed by atoms with Crippen LogP contribution in [0, 0.1) is 13.8 Å². The zero-order valence-corrected chi connectivity index (χ0v) is 13.0. The Morgan fingerprint density at radius 3 is 1.95 bits per heavy atom. The highest BCUT2D eigenvalue weighted by Crippen LogP contribution is 2.31. The zero-order valence-electron chi connectivity index (χ0n) is 12.1. The molecule has 20 heavy (non-hydrogen) atoms. The van der Waals surface area contributed by atoms with Gasteiger partial charge < -0.3 is 5.11 Å². The minimum absolute atomic E-state index is 0.0618. The minimum Gasteiger partial charge on any atom is -0.395 e. The summed E-state index contributed by atoms with van der Waals surface area (Å²) in [5.41, 5.74) is 2.67. The summed E-state index contributed by atoms with van der Waals surface area (Å²) in [6.45, 7) is 5.43. The number of aryl methyl sites for hydroxylation is 2. The van der Waals surface area contributed by atoms with Gasteiger partial charge in [-0.15, -0.1) is 0 Å². The van der Waals surface area contributed by atoms with Gasteiger partial charge in [0.2, 0.25) is 0 Å². The summed E-state index contributed by atoms with van der Waals surface area (Å²) in [4.78, 5) is 26.4. The number of amides is 2. The van der Waals surface area contributed by atoms with Gasteiger partial charge in [-0.05, 0) is 38.2 Å². The molecule has 0 aromatic heterocycles. The Labute approximate surface area is 123 Å². The molecule has 1 heterocycles. The van der Waals surface area contributed by atoms with Crippen LogP contribution in [0.4, 0.5) is 0 Å². The molecule has 0 aliphatic carbocycles. The number of fused-ring (bicyclic) bond motifs is 1. The number of aliphatic hydroxyl groups excluding tert-OH is 1. The Kier molecular flexibility index (Phi) is 4.20. The summed E-state index contributed by atoms with van der Waals surface area (Å²) in [5, 5.41) is 9.22. The molecule has 0 saturated heterocycles. The van der Waals surface area contributed by atoms with Crippen molar-refractivity contribution in [3.05, 3.63) is 34.4 Å². The molecule has 1 aliphatic rings. The molecule has 0 saturated carbocycles. The van der Waals surface area contributed by atoms with Crippen LogP contribution in [0.15, 0.2) is 12.1 Å². The third-order valence-electron chi connectivity index (χ3n) is 3.92. The zero-order chi connectivity index (χ0) is 15.0. The van der Waals surface area contributed by atoms with Crippen LogP contribution in [-0.4, -0.2) is 46.0 Å². The Balaban J connectivity index is 2.47. The van der Waals surface area contributed by atoms with Crippen molar-refractivity contribution in [2.24, 2.45) is 0 Å². The van der Waals surface area contributed by atoms with Gasteiger partial charge in [0.25, 0.3) is 11.8 Å². The van der Waals surface area contributed by atoms with E-state index >= 15 is 0 Å². The Bertz CT molecular complexity index is 525. The molecule has 0 bridgehead atoms. The van der Waals surface area contributed by atoms with Crippen LogP contribution in [0.3, 0.4) is 0 Å². The summed E-state index contributed by atoms with van der Waals surface area (Å²) in [7, 11) is 0. The van der Waals surface area contributed by atoms with Crippen LogP contribution in [0.1, 0.15) is 38.8 Å². The van der Waals surface area contributed by atoms with E-state index in [4.69, 9.17) is 0 Å². The fourth-order valence-electron chi connectivity index (χ4n) is 2.66. The summed E-state index contributed by atoms with van der Waals surface area (Å²) in [6, 6.07) is 3.40. The number of rotatable bonds is 4. The highest BCUT2D eigenvalue weighted by atomic mass is 32.2. The molecule has 2 unspecified atom stereocenters. The van der Waals surface area contributed by atoms with Crippen LogP contribution >= 0.6 is 11.8 Å². The number of carbonyl (C=O) groups excluding carboxylic acids is 2. The van der Waals surface area contributed by atoms with Gasteiger partial charge in [0.05, 0.1) is 23.8 Å². The first kappa shape index (κ1) is 15.1. The number of imide groups is 1. The standard InChI is InChI=1S/C15H19NO3S/c1-8-5-6-9(2)13-12(8)14(18)16(15(13)19)10(3)11(7-17)20-4/h5-6,10-11,17H,7H2,1-4H3. The second-order valence-corrected chi connectivity index (χ2v) is 6.20. The van der Waals surface area contributed by atoms with Crippen LogP contribution in [-0.2, 0) is 0 Å². The van der Waals surface area contributed by atoms with E-state index in [0.29, 0.717) is 11.1 Å². The number of carbonyl (C=O) groups is 2. The smallest absolute Gasteiger partial charge is 0.262 e. The van der Waals surface area contributed by atoms with E-state index in [1.807, 2.05) is 39.2 Å². The van der Waals surface area contributed by atoms with Crippen LogP contribution < -0.4 is 0 Å². The van der Waals surface area contributed by atoms with Gasteiger partial charge in [-0.3, -0.25) is 14.5 Å². The third kappa shape index (κ3) is 2.15. The van der Waals surface area contributed by atoms with Crippen molar-refractivity contribution >= 4 is 23.6 Å². The molecular formula is C15H19NO3S. The SMILES string of the molecule is CSC(CO)C(C)N1C(=O)c2c(C)ccc(C)c2C1=O. The number of benzene rings is 1. The van der Waals surface area contributed by atoms with E-state index in [1.165, 1.54) is 16.7 Å². The van der Waals surface area contributed by atoms with Gasteiger partial charge in [0, 0.05) is 5.25 Å². The molecule has 5 heteroatoms. The molecule has 4 nitrogen and oxygen atoms in total. The van der Waals surface area contributed by atoms with E-state index in [0.717, 1.165) is 11.1 Å². The van der Waals surface area contributed by atoms with Crippen molar-refractivity contribution in [3.8, 4) is 0 Å². The minimum atomic E-state index is -0.332. The van der Waals surface area contributed by atoms with Gasteiger partial charge in [0.1, 0.15) is 0 Å². The molecule has 2 rings (SSSR count). The molecule has 1 aromatic rings. The average Bonchev–Trinajstić information content (AvgIpc) is 2.68. The van der Waals surface area contributed by atoms with Gasteiger partial charge >= 0.3 is 0 Å². The molecule has 0 radical (unpaired) electrons. The summed E-state index contributed by atoms with van der Waals surface area (Å²) < 4.78 is 0. The van der Waals surface area contributed by atoms with E-state index in [-0.39, 0.29) is 29.7 Å². The molecule has 2 atom stereocenters. The van der Waals surface area contributed by atoms with E-state index < -0.39 is 0 Å². The van der Waals surface area contributed by atoms with Crippen molar-refractivity contribution < 1.29 is 14.7 Å². The lowest BCUT2D eigenvalue weighted by atomic mass is 9.99. The topological polar surface area (TPSA) is 57.6 Å². The third-order valence-corrected chi connectivity index (χ3v) is 5.06. The number of nitrogens with zero attached hydrogens (tertiary/aromatic N) is 1. The molecule has 1 N–H and O–H groups in total. The summed E-state index contributed by atoms with van der Waals surface area (Å²) in [6.07, 6.45) is 1.87. The molecular weight excluding hydrogens is 274 g/mol. The number of thioether (sulfide) groups is 1. The summed E-state index contributed by atoms with van der Waals surface area (Å²) in [5.74, 6) is -0.489. The van der Waals surface area contributed by atoms with Crippen molar-refractivity contribution in [1.82, 2.24) is 4.90 Å². The molecule has 108 valence electrons. The molecule has 2 amide bonds. The van der Waals surface area contributed by atoms with Crippen LogP contribution in [0.25, 0.3) is 0 Å². The number of hydrogen-bond acceptors (Lipinski definition) is 4. The first-order chi connectivity index (χ1) is 9.43. The second-order valence-electron chi connectivity index (χ2n) is 5.13. The van der Waals surface area contributed by atoms with E-state index in [9.17, 15) is 14.7 Å². The molecule has 1 aliphatic heterocycles. The van der Waals surface area contributed by atoms with Gasteiger partial charge in [-0.25, -0.2) is 0 Å². The predicted molar refractivity (Wildman–Crippen MR) is 80.3 cm³/mol. The van der Waals surface area contributed by atoms with Crippen molar-refractivity contribution in [1.29, 1.82) is 0 Å². The lowest BCUT2D eigenvalue weighted by Gasteiger charge is -2.28. The first-order valence-electron chi connectivity index (χ1n) is 6.55. The molecule has 0 spiro atoms. The lowest BCUT2D eigenvalue weighted by molar-refractivity contribution is 0.0582. The number of hydrogen-bond donors (Lipinski definition) is 1. The van der Waals surface area contributed by atoms with Gasteiger partial charge in [-0.1, -0.05) is 12.1 Å². The summed E-state index contributed by atoms with van der Waals surface area (Å²) >= 11 is 1.46. The van der Waals surface area contributed by atoms with E-state index in [1.54, 1.807) is 0 Å². The van der Waals surface area contributed by atoms with Crippen LogP contribution in [0.2, 0.25) is 0 Å². The van der Waals surface area contributed by atoms with Gasteiger partial charge in [-0.2, -0.15) is 11.8 Å². The van der Waals surface area contributed by atoms with Crippen molar-refractivity contribution in [2.75, 3.05) is 12.9 Å². The largest absolute Gasteiger partial charge is 0.395 e. The fourth-order valence-corrected chi connectivity index (χ4v) is 3.32. The second kappa shape index (κ2) is 5.58. The Morgan fingerprint density at radius 1 is 1.15 bits per heavy atom. The Morgan fingerprint density at radius 2 is 1.60 bits per heavy atom. The van der Waals surface area contributed by atoms with Gasteiger partial charge in [0.15, 0.2) is 0 Å². The normalized spacial score (nSPS) is 17.4. The highest BCUT2D eigenvalue weighted by molar-refractivity contribution is 7.99. The molecule has 0 fully saturated rings. The highest BCUT2D eigenvalue weighted by Gasteiger charge is 2.42. The van der Waals surface area contributed by atoms with Crippen molar-refractivity contribution in [2.45, 2.75) is 32.1 Å². The average molecular weight is 293 g/mol. The van der Waals surface area contributed by atoms with Crippen LogP contribution in [0.5, 0.6) is 0 Å². The monoisotopic (exact) mass is 293 g/mol. The fraction of sp³-hybridized carbons (Fsp3) is 0.467. The Hall–Kier alpha value is -1.33.